The fraction of sp³-hybridized carbons (Fsp3) is 0.0714. The van der Waals surface area contributed by atoms with E-state index in [9.17, 15) is 5.11 Å². The van der Waals surface area contributed by atoms with Gasteiger partial charge in [-0.2, -0.15) is 0 Å². The first-order valence-corrected chi connectivity index (χ1v) is 6.00. The number of phenolic OH excluding ortho intramolecular Hbond substituents is 1. The summed E-state index contributed by atoms with van der Waals surface area (Å²) in [4.78, 5) is 4.20. The number of imidazole rings is 1. The number of fused-ring (bicyclic) bond motifs is 1. The molecular formula is C14H11ClN2O. The number of aromatic nitrogens is 2. The highest BCUT2D eigenvalue weighted by atomic mass is 35.5. The van der Waals surface area contributed by atoms with Gasteiger partial charge in [0.25, 0.3) is 0 Å². The predicted octanol–water partition coefficient (Wildman–Crippen LogP) is 3.44. The van der Waals surface area contributed by atoms with Crippen molar-refractivity contribution in [3.63, 3.8) is 0 Å². The second-order valence-corrected chi connectivity index (χ2v) is 4.53. The first-order chi connectivity index (χ1) is 8.75. The molecule has 0 atom stereocenters. The van der Waals surface area contributed by atoms with Crippen molar-refractivity contribution in [2.45, 2.75) is 6.54 Å². The van der Waals surface area contributed by atoms with Crippen molar-refractivity contribution in [3.8, 4) is 5.75 Å². The van der Waals surface area contributed by atoms with Crippen LogP contribution in [0.5, 0.6) is 5.75 Å². The Labute approximate surface area is 109 Å². The van der Waals surface area contributed by atoms with Crippen LogP contribution in [0, 0.1) is 0 Å². The van der Waals surface area contributed by atoms with Crippen LogP contribution in [-0.2, 0) is 6.54 Å². The van der Waals surface area contributed by atoms with Gasteiger partial charge in [0.15, 0.2) is 5.75 Å². The van der Waals surface area contributed by atoms with E-state index in [4.69, 9.17) is 11.6 Å². The number of hydrogen-bond acceptors (Lipinski definition) is 2. The van der Waals surface area contributed by atoms with Gasteiger partial charge in [-0.15, -0.1) is 0 Å². The molecule has 1 aromatic heterocycles. The zero-order chi connectivity index (χ0) is 12.5. The van der Waals surface area contributed by atoms with E-state index in [0.29, 0.717) is 10.5 Å². The molecule has 3 nitrogen and oxygen atoms in total. The van der Waals surface area contributed by atoms with Gasteiger partial charge in [-0.05, 0) is 17.7 Å². The van der Waals surface area contributed by atoms with E-state index in [1.165, 1.54) is 5.56 Å². The number of phenols is 1. The normalized spacial score (nSPS) is 10.9. The molecule has 1 heterocycles. The van der Waals surface area contributed by atoms with E-state index >= 15 is 0 Å². The van der Waals surface area contributed by atoms with Crippen molar-refractivity contribution in [1.82, 2.24) is 9.55 Å². The summed E-state index contributed by atoms with van der Waals surface area (Å²) in [7, 11) is 0. The zero-order valence-electron chi connectivity index (χ0n) is 9.55. The standard InChI is InChI=1S/C14H11ClN2O/c15-11-6-7-12-13(14(11)18)16-9-17(12)8-10-4-2-1-3-5-10/h1-7,9,18H,8H2. The Balaban J connectivity index is 2.06. The smallest absolute Gasteiger partial charge is 0.162 e. The molecule has 0 aliphatic rings. The van der Waals surface area contributed by atoms with Crippen LogP contribution in [0.15, 0.2) is 48.8 Å². The Morgan fingerprint density at radius 3 is 2.67 bits per heavy atom. The number of hydrogen-bond donors (Lipinski definition) is 1. The van der Waals surface area contributed by atoms with E-state index in [-0.39, 0.29) is 5.75 Å². The molecule has 0 aliphatic carbocycles. The van der Waals surface area contributed by atoms with E-state index in [1.807, 2.05) is 28.8 Å². The van der Waals surface area contributed by atoms with Crippen molar-refractivity contribution in [2.24, 2.45) is 0 Å². The molecule has 0 unspecified atom stereocenters. The van der Waals surface area contributed by atoms with Crippen LogP contribution in [0.4, 0.5) is 0 Å². The summed E-state index contributed by atoms with van der Waals surface area (Å²) in [6.07, 6.45) is 1.72. The Kier molecular flexibility index (Phi) is 2.68. The van der Waals surface area contributed by atoms with Gasteiger partial charge in [-0.25, -0.2) is 4.98 Å². The Hall–Kier alpha value is -2.00. The second-order valence-electron chi connectivity index (χ2n) is 4.12. The van der Waals surface area contributed by atoms with Crippen LogP contribution < -0.4 is 0 Å². The average Bonchev–Trinajstić information content (AvgIpc) is 2.79. The first kappa shape index (κ1) is 11.1. The monoisotopic (exact) mass is 258 g/mol. The lowest BCUT2D eigenvalue weighted by atomic mass is 10.2. The molecule has 18 heavy (non-hydrogen) atoms. The minimum atomic E-state index is 0.0426. The molecule has 0 bridgehead atoms. The van der Waals surface area contributed by atoms with Gasteiger partial charge < -0.3 is 9.67 Å². The fourth-order valence-corrected chi connectivity index (χ4v) is 2.15. The third-order valence-corrected chi connectivity index (χ3v) is 3.22. The highest BCUT2D eigenvalue weighted by Gasteiger charge is 2.09. The van der Waals surface area contributed by atoms with Gasteiger partial charge in [-0.1, -0.05) is 41.9 Å². The molecule has 1 N–H and O–H groups in total. The van der Waals surface area contributed by atoms with Gasteiger partial charge in [0, 0.05) is 6.54 Å². The lowest BCUT2D eigenvalue weighted by Crippen LogP contribution is -1.97. The molecule has 3 rings (SSSR count). The van der Waals surface area contributed by atoms with E-state index in [0.717, 1.165) is 12.1 Å². The SMILES string of the molecule is Oc1c(Cl)ccc2c1ncn2Cc1ccccc1. The van der Waals surface area contributed by atoms with E-state index in [1.54, 1.807) is 12.4 Å². The van der Waals surface area contributed by atoms with Gasteiger partial charge in [0.2, 0.25) is 0 Å². The zero-order valence-corrected chi connectivity index (χ0v) is 10.3. The maximum Gasteiger partial charge on any atom is 0.162 e. The van der Waals surface area contributed by atoms with Gasteiger partial charge in [-0.3, -0.25) is 0 Å². The lowest BCUT2D eigenvalue weighted by Gasteiger charge is -2.05. The Morgan fingerprint density at radius 2 is 1.89 bits per heavy atom. The lowest BCUT2D eigenvalue weighted by molar-refractivity contribution is 0.481. The first-order valence-electron chi connectivity index (χ1n) is 5.62. The summed E-state index contributed by atoms with van der Waals surface area (Å²) < 4.78 is 1.99. The minimum Gasteiger partial charge on any atom is -0.504 e. The molecule has 0 radical (unpaired) electrons. The van der Waals surface area contributed by atoms with Crippen LogP contribution in [0.1, 0.15) is 5.56 Å². The molecular weight excluding hydrogens is 248 g/mol. The van der Waals surface area contributed by atoms with Crippen LogP contribution in [0.25, 0.3) is 11.0 Å². The van der Waals surface area contributed by atoms with Crippen molar-refractivity contribution >= 4 is 22.6 Å². The average molecular weight is 259 g/mol. The summed E-state index contributed by atoms with van der Waals surface area (Å²) in [5, 5.41) is 10.2. The quantitative estimate of drug-likeness (QED) is 0.765. The Morgan fingerprint density at radius 1 is 1.11 bits per heavy atom. The third kappa shape index (κ3) is 1.83. The molecule has 0 amide bonds. The Bertz CT molecular complexity index is 692. The molecule has 90 valence electrons. The minimum absolute atomic E-state index is 0.0426. The van der Waals surface area contributed by atoms with Gasteiger partial charge in [0.1, 0.15) is 5.52 Å². The van der Waals surface area contributed by atoms with Crippen LogP contribution >= 0.6 is 11.6 Å². The number of aromatic hydroxyl groups is 1. The molecule has 3 aromatic rings. The van der Waals surface area contributed by atoms with Gasteiger partial charge >= 0.3 is 0 Å². The summed E-state index contributed by atoms with van der Waals surface area (Å²) in [6.45, 7) is 0.721. The van der Waals surface area contributed by atoms with E-state index < -0.39 is 0 Å². The number of halogens is 1. The molecule has 0 saturated heterocycles. The summed E-state index contributed by atoms with van der Waals surface area (Å²) in [5.74, 6) is 0.0426. The van der Waals surface area contributed by atoms with Crippen LogP contribution in [0.3, 0.4) is 0 Å². The predicted molar refractivity (Wildman–Crippen MR) is 72.0 cm³/mol. The second kappa shape index (κ2) is 4.35. The molecule has 0 fully saturated rings. The third-order valence-electron chi connectivity index (χ3n) is 2.91. The molecule has 2 aromatic carbocycles. The maximum absolute atomic E-state index is 9.83. The summed E-state index contributed by atoms with van der Waals surface area (Å²) >= 11 is 5.86. The highest BCUT2D eigenvalue weighted by molar-refractivity contribution is 6.33. The summed E-state index contributed by atoms with van der Waals surface area (Å²) in [6, 6.07) is 13.7. The fourth-order valence-electron chi connectivity index (χ4n) is 2.00. The number of benzene rings is 2. The topological polar surface area (TPSA) is 38.1 Å². The molecule has 0 saturated carbocycles. The number of nitrogens with zero attached hydrogens (tertiary/aromatic N) is 2. The molecule has 0 aliphatic heterocycles. The van der Waals surface area contributed by atoms with Crippen LogP contribution in [0.2, 0.25) is 5.02 Å². The maximum atomic E-state index is 9.83. The van der Waals surface area contributed by atoms with Crippen molar-refractivity contribution < 1.29 is 5.11 Å². The largest absolute Gasteiger partial charge is 0.504 e. The van der Waals surface area contributed by atoms with Crippen molar-refractivity contribution in [3.05, 3.63) is 59.4 Å². The van der Waals surface area contributed by atoms with Crippen molar-refractivity contribution in [1.29, 1.82) is 0 Å². The van der Waals surface area contributed by atoms with Crippen molar-refractivity contribution in [2.75, 3.05) is 0 Å². The molecule has 0 spiro atoms. The summed E-state index contributed by atoms with van der Waals surface area (Å²) in [5.41, 5.74) is 2.60. The van der Waals surface area contributed by atoms with Gasteiger partial charge in [0.05, 0.1) is 16.9 Å². The number of rotatable bonds is 2. The van der Waals surface area contributed by atoms with E-state index in [2.05, 4.69) is 17.1 Å². The highest BCUT2D eigenvalue weighted by Crippen LogP contribution is 2.31. The molecule has 4 heteroatoms. The van der Waals surface area contributed by atoms with Crippen LogP contribution in [-0.4, -0.2) is 14.7 Å².